The van der Waals surface area contributed by atoms with Crippen LogP contribution in [0.25, 0.3) is 0 Å². The number of rotatable bonds is 5. The van der Waals surface area contributed by atoms with Gasteiger partial charge in [-0.3, -0.25) is 0 Å². The van der Waals surface area contributed by atoms with E-state index in [0.29, 0.717) is 18.6 Å². The number of ether oxygens (including phenoxy) is 1. The molecule has 19 heavy (non-hydrogen) atoms. The van der Waals surface area contributed by atoms with Crippen LogP contribution in [0, 0.1) is 5.82 Å². The molecular formula is C15H21FN2O. The summed E-state index contributed by atoms with van der Waals surface area (Å²) in [5, 5.41) is 3.40. The summed E-state index contributed by atoms with van der Waals surface area (Å²) in [7, 11) is 2.04. The molecule has 1 aromatic rings. The molecule has 0 amide bonds. The number of halogens is 1. The summed E-state index contributed by atoms with van der Waals surface area (Å²) in [6.45, 7) is 2.16. The Bertz CT molecular complexity index is 442. The first kappa shape index (κ1) is 12.9. The number of hydrogen-bond donors (Lipinski definition) is 1. The molecular weight excluding hydrogens is 243 g/mol. The van der Waals surface area contributed by atoms with Gasteiger partial charge in [-0.2, -0.15) is 0 Å². The number of likely N-dealkylation sites (N-methyl/N-ethyl adjacent to an activating group) is 1. The van der Waals surface area contributed by atoms with E-state index in [9.17, 15) is 4.39 Å². The van der Waals surface area contributed by atoms with Crippen molar-refractivity contribution in [3.05, 3.63) is 29.6 Å². The van der Waals surface area contributed by atoms with E-state index in [2.05, 4.69) is 10.2 Å². The fourth-order valence-corrected chi connectivity index (χ4v) is 2.61. The molecule has 1 unspecified atom stereocenters. The Kier molecular flexibility index (Phi) is 3.71. The molecule has 2 aliphatic rings. The quantitative estimate of drug-likeness (QED) is 0.883. The van der Waals surface area contributed by atoms with E-state index >= 15 is 0 Å². The standard InChI is InChI=1S/C15H21FN2O/c1-18(12-7-8-19-10-12)15-4-2-3-14(16)13(15)9-17-11-5-6-11/h2-4,11-12,17H,5-10H2,1H3. The van der Waals surface area contributed by atoms with Gasteiger partial charge in [-0.05, 0) is 31.4 Å². The first-order valence-electron chi connectivity index (χ1n) is 7.07. The highest BCUT2D eigenvalue weighted by atomic mass is 19.1. The van der Waals surface area contributed by atoms with Gasteiger partial charge in [0.15, 0.2) is 0 Å². The Hall–Kier alpha value is -1.13. The van der Waals surface area contributed by atoms with Crippen LogP contribution in [0.4, 0.5) is 10.1 Å². The van der Waals surface area contributed by atoms with Crippen LogP contribution >= 0.6 is 0 Å². The zero-order chi connectivity index (χ0) is 13.2. The molecule has 1 aliphatic heterocycles. The number of hydrogen-bond acceptors (Lipinski definition) is 3. The van der Waals surface area contributed by atoms with Gasteiger partial charge in [0.1, 0.15) is 5.82 Å². The van der Waals surface area contributed by atoms with Crippen LogP contribution in [-0.4, -0.2) is 32.3 Å². The lowest BCUT2D eigenvalue weighted by Crippen LogP contribution is -2.33. The molecule has 3 nitrogen and oxygen atoms in total. The smallest absolute Gasteiger partial charge is 0.129 e. The fourth-order valence-electron chi connectivity index (χ4n) is 2.61. The van der Waals surface area contributed by atoms with E-state index in [1.54, 1.807) is 12.1 Å². The molecule has 1 atom stereocenters. The van der Waals surface area contributed by atoms with Crippen LogP contribution in [0.3, 0.4) is 0 Å². The molecule has 0 bridgehead atoms. The van der Waals surface area contributed by atoms with Gasteiger partial charge in [-0.1, -0.05) is 6.07 Å². The lowest BCUT2D eigenvalue weighted by Gasteiger charge is -2.28. The maximum atomic E-state index is 14.1. The van der Waals surface area contributed by atoms with Gasteiger partial charge in [-0.15, -0.1) is 0 Å². The predicted molar refractivity (Wildman–Crippen MR) is 73.9 cm³/mol. The Morgan fingerprint density at radius 2 is 2.21 bits per heavy atom. The number of nitrogens with one attached hydrogen (secondary N) is 1. The summed E-state index contributed by atoms with van der Waals surface area (Å²) < 4.78 is 19.5. The molecule has 4 heteroatoms. The zero-order valence-corrected chi connectivity index (χ0v) is 11.4. The molecule has 104 valence electrons. The third-order valence-corrected chi connectivity index (χ3v) is 4.07. The molecule has 0 aromatic heterocycles. The summed E-state index contributed by atoms with van der Waals surface area (Å²) in [6.07, 6.45) is 3.45. The SMILES string of the molecule is CN(c1cccc(F)c1CNC1CC1)C1CCOC1. The fraction of sp³-hybridized carbons (Fsp3) is 0.600. The summed E-state index contributed by atoms with van der Waals surface area (Å²) >= 11 is 0. The van der Waals surface area contributed by atoms with Crippen LogP contribution in [-0.2, 0) is 11.3 Å². The van der Waals surface area contributed by atoms with Gasteiger partial charge in [0.2, 0.25) is 0 Å². The van der Waals surface area contributed by atoms with Crippen molar-refractivity contribution in [2.75, 3.05) is 25.2 Å². The topological polar surface area (TPSA) is 24.5 Å². The van der Waals surface area contributed by atoms with E-state index in [1.807, 2.05) is 13.1 Å². The van der Waals surface area contributed by atoms with Gasteiger partial charge in [0, 0.05) is 37.5 Å². The molecule has 1 heterocycles. The minimum atomic E-state index is -0.114. The van der Waals surface area contributed by atoms with Gasteiger partial charge < -0.3 is 15.0 Å². The van der Waals surface area contributed by atoms with E-state index in [1.165, 1.54) is 12.8 Å². The monoisotopic (exact) mass is 264 g/mol. The van der Waals surface area contributed by atoms with Crippen LogP contribution in [0.15, 0.2) is 18.2 Å². The van der Waals surface area contributed by atoms with Crippen LogP contribution in [0.2, 0.25) is 0 Å². The third-order valence-electron chi connectivity index (χ3n) is 4.07. The van der Waals surface area contributed by atoms with Crippen LogP contribution in [0.5, 0.6) is 0 Å². The van der Waals surface area contributed by atoms with E-state index < -0.39 is 0 Å². The lowest BCUT2D eigenvalue weighted by molar-refractivity contribution is 0.193. The zero-order valence-electron chi connectivity index (χ0n) is 11.4. The van der Waals surface area contributed by atoms with Crippen molar-refractivity contribution >= 4 is 5.69 Å². The number of benzene rings is 1. The van der Waals surface area contributed by atoms with Gasteiger partial charge >= 0.3 is 0 Å². The van der Waals surface area contributed by atoms with Crippen LogP contribution in [0.1, 0.15) is 24.8 Å². The highest BCUT2D eigenvalue weighted by Crippen LogP contribution is 2.27. The second-order valence-corrected chi connectivity index (χ2v) is 5.52. The molecule has 1 saturated heterocycles. The lowest BCUT2D eigenvalue weighted by atomic mass is 10.1. The van der Waals surface area contributed by atoms with Crippen molar-refractivity contribution in [3.8, 4) is 0 Å². The third kappa shape index (κ3) is 2.90. The van der Waals surface area contributed by atoms with Gasteiger partial charge in [0.25, 0.3) is 0 Å². The largest absolute Gasteiger partial charge is 0.379 e. The first-order valence-corrected chi connectivity index (χ1v) is 7.07. The van der Waals surface area contributed by atoms with Gasteiger partial charge in [0.05, 0.1) is 12.6 Å². The molecule has 1 saturated carbocycles. The van der Waals surface area contributed by atoms with Crippen molar-refractivity contribution in [1.29, 1.82) is 0 Å². The summed E-state index contributed by atoms with van der Waals surface area (Å²) in [4.78, 5) is 2.17. The highest BCUT2D eigenvalue weighted by molar-refractivity contribution is 5.54. The van der Waals surface area contributed by atoms with Crippen molar-refractivity contribution < 1.29 is 9.13 Å². The Balaban J connectivity index is 1.79. The minimum Gasteiger partial charge on any atom is -0.379 e. The van der Waals surface area contributed by atoms with Crippen molar-refractivity contribution in [3.63, 3.8) is 0 Å². The average molecular weight is 264 g/mol. The molecule has 0 spiro atoms. The maximum absolute atomic E-state index is 14.1. The molecule has 1 aliphatic carbocycles. The molecule has 3 rings (SSSR count). The second kappa shape index (κ2) is 5.47. The van der Waals surface area contributed by atoms with Crippen molar-refractivity contribution in [1.82, 2.24) is 5.32 Å². The second-order valence-electron chi connectivity index (χ2n) is 5.52. The molecule has 1 N–H and O–H groups in total. The van der Waals surface area contributed by atoms with E-state index in [-0.39, 0.29) is 5.82 Å². The number of anilines is 1. The van der Waals surface area contributed by atoms with Crippen molar-refractivity contribution in [2.45, 2.75) is 37.9 Å². The Morgan fingerprint density at radius 1 is 1.37 bits per heavy atom. The minimum absolute atomic E-state index is 0.114. The predicted octanol–water partition coefficient (Wildman–Crippen LogP) is 2.30. The summed E-state index contributed by atoms with van der Waals surface area (Å²) in [5.41, 5.74) is 1.77. The molecule has 1 aromatic carbocycles. The van der Waals surface area contributed by atoms with Crippen molar-refractivity contribution in [2.24, 2.45) is 0 Å². The highest BCUT2D eigenvalue weighted by Gasteiger charge is 2.25. The normalized spacial score (nSPS) is 22.7. The first-order chi connectivity index (χ1) is 9.25. The number of nitrogens with zero attached hydrogens (tertiary/aromatic N) is 1. The van der Waals surface area contributed by atoms with E-state index in [0.717, 1.165) is 30.9 Å². The van der Waals surface area contributed by atoms with E-state index in [4.69, 9.17) is 4.74 Å². The molecule has 0 radical (unpaired) electrons. The summed E-state index contributed by atoms with van der Waals surface area (Å²) in [5.74, 6) is -0.114. The van der Waals surface area contributed by atoms with Crippen LogP contribution < -0.4 is 10.2 Å². The average Bonchev–Trinajstić information content (AvgIpc) is 3.08. The Morgan fingerprint density at radius 3 is 2.89 bits per heavy atom. The Labute approximate surface area is 113 Å². The van der Waals surface area contributed by atoms with Gasteiger partial charge in [-0.25, -0.2) is 4.39 Å². The summed E-state index contributed by atoms with van der Waals surface area (Å²) in [6, 6.07) is 6.30. The maximum Gasteiger partial charge on any atom is 0.129 e. The molecule has 2 fully saturated rings.